The van der Waals surface area contributed by atoms with Gasteiger partial charge in [0.1, 0.15) is 61.1 Å². The summed E-state index contributed by atoms with van der Waals surface area (Å²) in [6.07, 6.45) is 7.52. The van der Waals surface area contributed by atoms with Crippen molar-refractivity contribution in [1.82, 2.24) is 74.4 Å². The molecule has 49 heteroatoms. The second-order valence-corrected chi connectivity index (χ2v) is 40.9. The third-order valence-corrected chi connectivity index (χ3v) is 27.6. The number of thioether (sulfide) groups is 2. The zero-order valence-electron chi connectivity index (χ0n) is 83.6. The molecule has 4 saturated heterocycles. The number of unbranched alkanes of at least 4 members (excludes halogenated alkanes) is 2. The van der Waals surface area contributed by atoms with Gasteiger partial charge in [-0.1, -0.05) is 125 Å². The average molecular weight is 2140 g/mol. The maximum Gasteiger partial charge on any atom is 0.530 e. The lowest BCUT2D eigenvalue weighted by atomic mass is 9.99. The van der Waals surface area contributed by atoms with E-state index in [0.717, 1.165) is 56.1 Å². The van der Waals surface area contributed by atoms with Gasteiger partial charge in [-0.05, 0) is 96.9 Å². The molecule has 0 bridgehead atoms. The van der Waals surface area contributed by atoms with E-state index in [1.165, 1.54) is 49.4 Å². The molecule has 8 unspecified atom stereocenters. The number of urea groups is 2. The van der Waals surface area contributed by atoms with Crippen LogP contribution in [0, 0.1) is 23.2 Å². The molecule has 4 aliphatic rings. The number of hydrogen-bond donors (Lipinski definition) is 18. The number of carbonyl (C=O) groups excluding carboxylic acids is 14. The molecule has 12 atom stereocenters. The fourth-order valence-corrected chi connectivity index (χ4v) is 20.3. The van der Waals surface area contributed by atoms with E-state index in [2.05, 4.69) is 92.1 Å². The Morgan fingerprint density at radius 2 is 0.776 bits per heavy atom. The highest BCUT2D eigenvalue weighted by molar-refractivity contribution is 8.00. The van der Waals surface area contributed by atoms with Gasteiger partial charge in [0.15, 0.2) is 0 Å². The van der Waals surface area contributed by atoms with Crippen molar-refractivity contribution >= 4 is 122 Å². The van der Waals surface area contributed by atoms with Crippen molar-refractivity contribution in [3.63, 3.8) is 0 Å². The zero-order chi connectivity index (χ0) is 108. The predicted octanol–water partition coefficient (Wildman–Crippen LogP) is 5.29. The van der Waals surface area contributed by atoms with Crippen LogP contribution in [-0.2, 0) is 134 Å². The molecule has 8 rings (SSSR count). The number of amides is 16. The molecule has 16 amide bonds. The number of phosphoric acid groups is 2. The molecule has 0 aliphatic carbocycles. The van der Waals surface area contributed by atoms with Crippen molar-refractivity contribution < 1.29 is 132 Å². The number of nitrogens with one attached hydrogen (secondary N) is 14. The van der Waals surface area contributed by atoms with Crippen LogP contribution in [0.3, 0.4) is 0 Å². The van der Waals surface area contributed by atoms with E-state index in [0.29, 0.717) is 66.3 Å². The Morgan fingerprint density at radius 1 is 0.456 bits per heavy atom. The van der Waals surface area contributed by atoms with Gasteiger partial charge in [0.2, 0.25) is 70.9 Å². The molecule has 0 spiro atoms. The minimum absolute atomic E-state index is 0.00478. The first-order valence-corrected chi connectivity index (χ1v) is 53.9. The van der Waals surface area contributed by atoms with E-state index in [1.54, 1.807) is 66.7 Å². The number of rotatable bonds is 70. The highest BCUT2D eigenvalue weighted by Crippen LogP contribution is 2.51. The Morgan fingerprint density at radius 3 is 1.10 bits per heavy atom. The van der Waals surface area contributed by atoms with Crippen LogP contribution < -0.4 is 94.9 Å². The smallest absolute Gasteiger partial charge is 0.404 e. The minimum Gasteiger partial charge on any atom is -0.404 e. The molecule has 147 heavy (non-hydrogen) atoms. The standard InChI is InChI=1S/C51H74FN8O13PS.C45H66FN8O13PS.C2H3N/c1-5-22-71-74(68,72-23-6-2)73-42-17-16-36(29-37(42)32-52)31-40(50(66)57-38(48(53)64)28-34(3)4)58-49(65)39(30-35-12-8-7-9-13-35)56-46(63)19-18-45(62)55-21-25-70-27-26-69-24-20-54-44(61)15-11-10-14-43-47-41(33-75-43)59-51(67)60-47;1-28(2)22-32(42(47)58)51-44(60)34(25-30-12-13-36(31(23-30)26-46)67-68(62,63)64)52-43(59)33(24-29-8-4-3-5-9-29)50-40(57)15-14-39(56)49-17-19-66-21-20-65-18-16-48-38(55)11-7-6-10-37-41-35(27-69-37)53-45(61)54-41;1-2-3/h5-9,12-13,16-17,29,34,38-41,43,47H,1-2,10-11,14-15,18-28,30-33H2,3-4H3,(H2,53,64)(H,54,61)(H,55,62)(H,56,63)(H,57,66)(H,58,65)(H2,59,60,67);3-5,8-9,12-13,23,28,32-35,37,41H,6-7,10-11,14-22,24-27H2,1-2H3,(H2,47,58)(H,48,55)(H,49,56)(H,50,57)(H,51,60)(H,52,59)(H2,53,54,61)(H2,62,63,64);1H3/t38?,39?,40?,41-,43?,47-;32?,33?,34?,35-,37?,41-;/m11./s1. The number of fused-ring (bicyclic) bond motifs is 2. The molecule has 43 nitrogen and oxygen atoms in total. The molecule has 4 heterocycles. The van der Waals surface area contributed by atoms with Gasteiger partial charge in [0, 0.05) is 130 Å². The first-order chi connectivity index (χ1) is 70.3. The molecule has 20 N–H and O–H groups in total. The van der Waals surface area contributed by atoms with Gasteiger partial charge in [-0.25, -0.2) is 27.5 Å². The summed E-state index contributed by atoms with van der Waals surface area (Å²) in [6, 6.07) is 20.0. The van der Waals surface area contributed by atoms with Crippen molar-refractivity contribution in [3.8, 4) is 17.6 Å². The number of ether oxygens (including phenoxy) is 4. The van der Waals surface area contributed by atoms with Crippen LogP contribution in [0.25, 0.3) is 0 Å². The lowest BCUT2D eigenvalue weighted by Crippen LogP contribution is -2.57. The summed E-state index contributed by atoms with van der Waals surface area (Å²) >= 11 is 3.71. The van der Waals surface area contributed by atoms with E-state index >= 15 is 0 Å². The number of hydrogen-bond acceptors (Lipinski definition) is 27. The van der Waals surface area contributed by atoms with Crippen LogP contribution in [0.15, 0.2) is 122 Å². The van der Waals surface area contributed by atoms with Gasteiger partial charge < -0.3 is 114 Å². The molecule has 4 fully saturated rings. The monoisotopic (exact) mass is 2140 g/mol. The van der Waals surface area contributed by atoms with Crippen molar-refractivity contribution in [1.29, 1.82) is 5.26 Å². The van der Waals surface area contributed by atoms with E-state index < -0.39 is 130 Å². The number of nitrogens with two attached hydrogens (primary N) is 2. The van der Waals surface area contributed by atoms with Crippen LogP contribution in [0.4, 0.5) is 18.4 Å². The molecule has 0 radical (unpaired) electrons. The maximum atomic E-state index is 14.6. The summed E-state index contributed by atoms with van der Waals surface area (Å²) in [5, 5.41) is 46.8. The summed E-state index contributed by atoms with van der Waals surface area (Å²) in [7, 11) is -9.31. The molecular formula is C98H143F2N17O26P2S2. The van der Waals surface area contributed by atoms with E-state index in [-0.39, 0.29) is 212 Å². The molecule has 4 aromatic carbocycles. The molecule has 0 saturated carbocycles. The zero-order valence-corrected chi connectivity index (χ0v) is 87.0. The Labute approximate surface area is 863 Å². The van der Waals surface area contributed by atoms with Gasteiger partial charge in [0.05, 0.1) is 96.3 Å². The van der Waals surface area contributed by atoms with Gasteiger partial charge in [-0.2, -0.15) is 28.8 Å². The van der Waals surface area contributed by atoms with Gasteiger partial charge in [0.25, 0.3) is 0 Å². The normalized spacial score (nSPS) is 17.0. The van der Waals surface area contributed by atoms with Gasteiger partial charge in [-0.15, -0.1) is 13.2 Å². The quantitative estimate of drug-likeness (QED) is 0.0115. The fourth-order valence-electron chi connectivity index (χ4n) is 15.6. The van der Waals surface area contributed by atoms with Crippen LogP contribution in [0.1, 0.15) is 158 Å². The summed E-state index contributed by atoms with van der Waals surface area (Å²) in [5.74, 6) is -5.91. The minimum atomic E-state index is -5.04. The van der Waals surface area contributed by atoms with Crippen molar-refractivity contribution in [3.05, 3.63) is 156 Å². The number of primary amides is 2. The second kappa shape index (κ2) is 68.0. The fraction of sp³-hybridized carbons (Fsp3) is 0.561. The number of nitriles is 1. The molecule has 812 valence electrons. The van der Waals surface area contributed by atoms with E-state index in [9.17, 15) is 94.8 Å². The Balaban J connectivity index is 0.000000439. The summed E-state index contributed by atoms with van der Waals surface area (Å²) in [6.45, 7) is 16.1. The Hall–Kier alpha value is -11.7. The van der Waals surface area contributed by atoms with Crippen LogP contribution in [-0.4, -0.2) is 267 Å². The molecule has 4 aromatic rings. The summed E-state index contributed by atoms with van der Waals surface area (Å²) < 4.78 is 95.9. The van der Waals surface area contributed by atoms with Gasteiger partial charge in [-0.3, -0.25) is 76.4 Å². The van der Waals surface area contributed by atoms with E-state index in [4.69, 9.17) is 49.2 Å². The number of alkyl halides is 2. The van der Waals surface area contributed by atoms with Crippen molar-refractivity contribution in [2.75, 3.05) is 104 Å². The third-order valence-electron chi connectivity index (χ3n) is 22.8. The summed E-state index contributed by atoms with van der Waals surface area (Å²) in [4.78, 5) is 198. The predicted molar refractivity (Wildman–Crippen MR) is 545 cm³/mol. The number of phosphoric ester groups is 2. The number of benzene rings is 4. The van der Waals surface area contributed by atoms with Gasteiger partial charge >= 0.3 is 27.7 Å². The van der Waals surface area contributed by atoms with Crippen LogP contribution in [0.5, 0.6) is 11.5 Å². The maximum absolute atomic E-state index is 14.6. The first kappa shape index (κ1) is 124. The summed E-state index contributed by atoms with van der Waals surface area (Å²) in [5.41, 5.74) is 12.8. The Kier molecular flexibility index (Phi) is 57.4. The van der Waals surface area contributed by atoms with E-state index in [1.807, 2.05) is 51.2 Å². The van der Waals surface area contributed by atoms with Crippen molar-refractivity contribution in [2.45, 2.75) is 234 Å². The lowest BCUT2D eigenvalue weighted by molar-refractivity contribution is -0.133. The number of nitrogens with zero attached hydrogens (tertiary/aromatic N) is 1. The number of carbonyl (C=O) groups is 14. The first-order valence-electron chi connectivity index (χ1n) is 48.8. The number of halogens is 2. The van der Waals surface area contributed by atoms with Crippen molar-refractivity contribution in [2.24, 2.45) is 23.3 Å². The lowest BCUT2D eigenvalue weighted by Gasteiger charge is -2.26. The largest absolute Gasteiger partial charge is 0.530 e. The molecule has 0 aromatic heterocycles. The third kappa shape index (κ3) is 49.3. The van der Waals surface area contributed by atoms with Crippen LogP contribution >= 0.6 is 39.2 Å². The highest BCUT2D eigenvalue weighted by Gasteiger charge is 2.45. The van der Waals surface area contributed by atoms with Crippen LogP contribution in [0.2, 0.25) is 0 Å². The highest BCUT2D eigenvalue weighted by atomic mass is 32.2. The molecule has 4 aliphatic heterocycles. The SMILES string of the molecule is C=CCOP(=O)(OCC=C)Oc1ccc(CC(NC(=O)C(Cc2ccccc2)NC(=O)CCC(=O)NCCOCCOCCNC(=O)CCCCC2SC[C@H]3NC(=O)N[C@@H]23)C(=O)NC(CC(C)C)C(N)=O)cc1CF.CC#N.CC(C)CC(NC(=O)C(Cc1ccc(OP(=O)(O)O)c(CF)c1)NC(=O)C(Cc1ccccc1)NC(=O)CCC(=O)NCCOCCOCCNC(=O)CCCCC1SC[C@H]2NC(=O)N[C@@H]12)C(N)=O. The average Bonchev–Trinajstić information content (AvgIpc) is 1.64. The second-order valence-electron chi connectivity index (χ2n) is 35.6. The topological polar surface area (TPSA) is 632 Å². The molecular weight excluding hydrogens is 2000 g/mol. The Bertz CT molecular complexity index is 5050.